The highest BCUT2D eigenvalue weighted by Gasteiger charge is 2.61. The van der Waals surface area contributed by atoms with E-state index in [0.717, 1.165) is 38.7 Å². The number of rotatable bonds is 3. The quantitative estimate of drug-likeness (QED) is 0.861. The summed E-state index contributed by atoms with van der Waals surface area (Å²) in [5, 5.41) is 10.0. The van der Waals surface area contributed by atoms with Crippen LogP contribution < -0.4 is 0 Å². The lowest BCUT2D eigenvalue weighted by molar-refractivity contribution is -0.171. The molecule has 4 rings (SSSR count). The van der Waals surface area contributed by atoms with Crippen LogP contribution in [-0.2, 0) is 19.0 Å². The maximum Gasteiger partial charge on any atom is 0.312 e. The third-order valence-corrected chi connectivity index (χ3v) is 6.06. The predicted molar refractivity (Wildman–Crippen MR) is 74.0 cm³/mol. The summed E-state index contributed by atoms with van der Waals surface area (Å²) in [4.78, 5) is 12.2. The van der Waals surface area contributed by atoms with E-state index in [1.165, 1.54) is 0 Å². The van der Waals surface area contributed by atoms with Gasteiger partial charge in [-0.15, -0.1) is 0 Å². The van der Waals surface area contributed by atoms with Crippen LogP contribution in [0.15, 0.2) is 0 Å². The summed E-state index contributed by atoms with van der Waals surface area (Å²) >= 11 is 0. The van der Waals surface area contributed by atoms with Crippen LogP contribution in [-0.4, -0.2) is 49.2 Å². The van der Waals surface area contributed by atoms with Crippen molar-refractivity contribution >= 4 is 5.97 Å². The summed E-state index contributed by atoms with van der Waals surface area (Å²) in [6.07, 6.45) is 5.36. The second-order valence-electron chi connectivity index (χ2n) is 7.25. The normalized spacial score (nSPS) is 47.0. The number of carbonyl (C=O) groups is 1. The first-order chi connectivity index (χ1) is 10.2. The molecule has 0 radical (unpaired) electrons. The summed E-state index contributed by atoms with van der Waals surface area (Å²) in [5.74, 6) is -0.0429. The lowest BCUT2D eigenvalue weighted by Crippen LogP contribution is -2.52. The van der Waals surface area contributed by atoms with E-state index in [9.17, 15) is 9.90 Å². The van der Waals surface area contributed by atoms with Crippen LogP contribution in [0, 0.1) is 17.3 Å². The smallest absolute Gasteiger partial charge is 0.312 e. The molecule has 3 saturated heterocycles. The third-order valence-electron chi connectivity index (χ3n) is 6.06. The van der Waals surface area contributed by atoms with E-state index in [0.29, 0.717) is 32.2 Å². The van der Waals surface area contributed by atoms with E-state index in [1.54, 1.807) is 0 Å². The molecule has 4 fully saturated rings. The average Bonchev–Trinajstić information content (AvgIpc) is 3.06. The molecule has 0 amide bonds. The van der Waals surface area contributed by atoms with Crippen LogP contribution >= 0.6 is 0 Å². The van der Waals surface area contributed by atoms with Crippen molar-refractivity contribution in [2.45, 2.75) is 50.2 Å². The molecule has 0 aromatic carbocycles. The topological polar surface area (TPSA) is 65.0 Å². The van der Waals surface area contributed by atoms with E-state index in [-0.39, 0.29) is 17.6 Å². The van der Waals surface area contributed by atoms with E-state index in [1.807, 2.05) is 0 Å². The minimum Gasteiger partial charge on any atom is -0.481 e. The highest BCUT2D eigenvalue weighted by molar-refractivity contribution is 5.76. The Bertz CT molecular complexity index is 426. The second-order valence-corrected chi connectivity index (χ2v) is 7.25. The standard InChI is InChI=1S/C16H24O5/c17-14(18)16(5-8-20-13(16)11-1-2-11)12-3-6-21-15(9-12)4-7-19-10-15/h11-13H,1-10H2,(H,17,18). The highest BCUT2D eigenvalue weighted by Crippen LogP contribution is 2.55. The van der Waals surface area contributed by atoms with Gasteiger partial charge in [0.1, 0.15) is 0 Å². The molecular formula is C16H24O5. The van der Waals surface area contributed by atoms with Crippen LogP contribution in [0.1, 0.15) is 38.5 Å². The van der Waals surface area contributed by atoms with Gasteiger partial charge in [-0.1, -0.05) is 0 Å². The monoisotopic (exact) mass is 296 g/mol. The number of carboxylic acids is 1. The van der Waals surface area contributed by atoms with Crippen molar-refractivity contribution in [1.82, 2.24) is 0 Å². The fourth-order valence-corrected chi connectivity index (χ4v) is 4.77. The highest BCUT2D eigenvalue weighted by atomic mass is 16.6. The van der Waals surface area contributed by atoms with Gasteiger partial charge >= 0.3 is 5.97 Å². The number of aliphatic carboxylic acids is 1. The van der Waals surface area contributed by atoms with Gasteiger partial charge in [-0.3, -0.25) is 4.79 Å². The van der Waals surface area contributed by atoms with E-state index in [2.05, 4.69) is 0 Å². The number of ether oxygens (including phenoxy) is 3. The first kappa shape index (κ1) is 14.0. The zero-order valence-corrected chi connectivity index (χ0v) is 12.4. The second kappa shape index (κ2) is 4.93. The summed E-state index contributed by atoms with van der Waals surface area (Å²) in [5.41, 5.74) is -0.928. The molecule has 1 aliphatic carbocycles. The van der Waals surface area contributed by atoms with Crippen LogP contribution in [0.4, 0.5) is 0 Å². The molecule has 4 atom stereocenters. The Morgan fingerprint density at radius 3 is 2.62 bits per heavy atom. The van der Waals surface area contributed by atoms with Gasteiger partial charge in [-0.05, 0) is 43.9 Å². The molecule has 1 N–H and O–H groups in total. The van der Waals surface area contributed by atoms with Crippen molar-refractivity contribution < 1.29 is 24.1 Å². The first-order valence-electron chi connectivity index (χ1n) is 8.23. The van der Waals surface area contributed by atoms with Crippen LogP contribution in [0.2, 0.25) is 0 Å². The number of carboxylic acid groups (broad SMARTS) is 1. The lowest BCUT2D eigenvalue weighted by atomic mass is 9.63. The summed E-state index contributed by atoms with van der Waals surface area (Å²) in [7, 11) is 0. The summed E-state index contributed by atoms with van der Waals surface area (Å²) in [6.45, 7) is 2.60. The molecule has 4 aliphatic rings. The minimum atomic E-state index is -0.694. The summed E-state index contributed by atoms with van der Waals surface area (Å²) in [6, 6.07) is 0. The van der Waals surface area contributed by atoms with Crippen molar-refractivity contribution in [1.29, 1.82) is 0 Å². The minimum absolute atomic E-state index is 0.0857. The Hall–Kier alpha value is -0.650. The van der Waals surface area contributed by atoms with Gasteiger partial charge in [-0.25, -0.2) is 0 Å². The average molecular weight is 296 g/mol. The molecule has 0 aromatic heterocycles. The Labute approximate surface area is 124 Å². The van der Waals surface area contributed by atoms with Crippen molar-refractivity contribution in [2.24, 2.45) is 17.3 Å². The molecule has 0 aromatic rings. The molecular weight excluding hydrogens is 272 g/mol. The molecule has 1 saturated carbocycles. The van der Waals surface area contributed by atoms with Gasteiger partial charge in [0.25, 0.3) is 0 Å². The fourth-order valence-electron chi connectivity index (χ4n) is 4.77. The van der Waals surface area contributed by atoms with Gasteiger partial charge in [-0.2, -0.15) is 0 Å². The molecule has 3 aliphatic heterocycles. The van der Waals surface area contributed by atoms with Crippen molar-refractivity contribution in [2.75, 3.05) is 26.4 Å². The van der Waals surface area contributed by atoms with Gasteiger partial charge in [0.15, 0.2) is 0 Å². The van der Waals surface area contributed by atoms with Crippen molar-refractivity contribution in [3.63, 3.8) is 0 Å². The Morgan fingerprint density at radius 1 is 1.10 bits per heavy atom. The Balaban J connectivity index is 1.62. The van der Waals surface area contributed by atoms with Crippen LogP contribution in [0.3, 0.4) is 0 Å². The Kier molecular flexibility index (Phi) is 3.28. The molecule has 5 nitrogen and oxygen atoms in total. The maximum atomic E-state index is 12.2. The zero-order chi connectivity index (χ0) is 14.5. The van der Waals surface area contributed by atoms with Gasteiger partial charge in [0.2, 0.25) is 0 Å². The molecule has 0 bridgehead atoms. The van der Waals surface area contributed by atoms with Gasteiger partial charge < -0.3 is 19.3 Å². The zero-order valence-electron chi connectivity index (χ0n) is 12.4. The largest absolute Gasteiger partial charge is 0.481 e. The lowest BCUT2D eigenvalue weighted by Gasteiger charge is -2.45. The fraction of sp³-hybridized carbons (Fsp3) is 0.938. The Morgan fingerprint density at radius 2 is 1.95 bits per heavy atom. The van der Waals surface area contributed by atoms with E-state index < -0.39 is 11.4 Å². The molecule has 21 heavy (non-hydrogen) atoms. The summed E-state index contributed by atoms with van der Waals surface area (Å²) < 4.78 is 17.4. The van der Waals surface area contributed by atoms with Crippen molar-refractivity contribution in [3.05, 3.63) is 0 Å². The van der Waals surface area contributed by atoms with Crippen LogP contribution in [0.25, 0.3) is 0 Å². The molecule has 5 heteroatoms. The number of hydrogen-bond donors (Lipinski definition) is 1. The predicted octanol–water partition coefficient (Wildman–Crippen LogP) is 1.84. The molecule has 4 unspecified atom stereocenters. The van der Waals surface area contributed by atoms with Gasteiger partial charge in [0.05, 0.1) is 23.7 Å². The first-order valence-corrected chi connectivity index (χ1v) is 8.23. The molecule has 1 spiro atoms. The van der Waals surface area contributed by atoms with Crippen LogP contribution in [0.5, 0.6) is 0 Å². The molecule has 3 heterocycles. The van der Waals surface area contributed by atoms with E-state index in [4.69, 9.17) is 14.2 Å². The van der Waals surface area contributed by atoms with Gasteiger partial charge in [0, 0.05) is 26.2 Å². The van der Waals surface area contributed by atoms with Crippen molar-refractivity contribution in [3.8, 4) is 0 Å². The third kappa shape index (κ3) is 2.13. The van der Waals surface area contributed by atoms with E-state index >= 15 is 0 Å². The number of hydrogen-bond acceptors (Lipinski definition) is 4. The molecule has 118 valence electrons. The SMILES string of the molecule is O=C(O)C1(C2CCOC3(CCOC3)C2)CCOC1C1CC1. The maximum absolute atomic E-state index is 12.2.